The van der Waals surface area contributed by atoms with Crippen LogP contribution in [-0.4, -0.2) is 48.0 Å². The Morgan fingerprint density at radius 3 is 2.48 bits per heavy atom. The van der Waals surface area contributed by atoms with Gasteiger partial charge in [0.15, 0.2) is 0 Å². The van der Waals surface area contributed by atoms with Gasteiger partial charge in [-0.3, -0.25) is 14.0 Å². The fraction of sp³-hybridized carbons (Fsp3) is 0.545. The normalized spacial score (nSPS) is 18.2. The molecule has 2 aliphatic rings. The summed E-state index contributed by atoms with van der Waals surface area (Å²) >= 11 is 1.62. The van der Waals surface area contributed by atoms with Gasteiger partial charge in [0.2, 0.25) is 0 Å². The Balaban J connectivity index is 1.31. The molecule has 0 unspecified atom stereocenters. The molecule has 5 rings (SSSR count). The summed E-state index contributed by atoms with van der Waals surface area (Å²) in [6.45, 7) is 1.33. The Morgan fingerprint density at radius 1 is 1.06 bits per heavy atom. The maximum Gasteiger partial charge on any atom is 0.345 e. The molecule has 0 aromatic carbocycles. The van der Waals surface area contributed by atoms with Crippen LogP contribution in [0.2, 0.25) is 0 Å². The van der Waals surface area contributed by atoms with Gasteiger partial charge in [-0.1, -0.05) is 18.9 Å². The van der Waals surface area contributed by atoms with Crippen molar-refractivity contribution in [1.82, 2.24) is 29.0 Å². The number of aryl methyl sites for hydroxylation is 2. The third-order valence-corrected chi connectivity index (χ3v) is 7.58. The summed E-state index contributed by atoms with van der Waals surface area (Å²) in [7, 11) is 3.56. The predicted octanol–water partition coefficient (Wildman–Crippen LogP) is 3.18. The lowest BCUT2D eigenvalue weighted by molar-refractivity contribution is 0.0698. The molecule has 164 valence electrons. The van der Waals surface area contributed by atoms with Crippen molar-refractivity contribution in [3.8, 4) is 10.6 Å². The van der Waals surface area contributed by atoms with Crippen LogP contribution < -0.4 is 5.69 Å². The number of hydrogen-bond acceptors (Lipinski definition) is 5. The smallest absolute Gasteiger partial charge is 0.337 e. The van der Waals surface area contributed by atoms with E-state index >= 15 is 0 Å². The molecular weight excluding hydrogens is 412 g/mol. The van der Waals surface area contributed by atoms with E-state index < -0.39 is 0 Å². The summed E-state index contributed by atoms with van der Waals surface area (Å²) in [4.78, 5) is 28.9. The van der Waals surface area contributed by atoms with Gasteiger partial charge in [-0.05, 0) is 43.2 Å². The molecule has 1 aliphatic heterocycles. The standard InChI is InChI=1S/C22H28N6O2S/c1-25-18(14-17(23-25)19-8-5-13-31-19)21(29)27-11-9-15(10-12-27)20-24-26(2)22(30)28(20)16-6-3-4-7-16/h5,8,13-16H,3-4,6-7,9-12H2,1-2H3. The molecular formula is C22H28N6O2S. The topological polar surface area (TPSA) is 78.0 Å². The Labute approximate surface area is 185 Å². The summed E-state index contributed by atoms with van der Waals surface area (Å²) in [6, 6.07) is 6.17. The zero-order valence-corrected chi connectivity index (χ0v) is 18.8. The first-order chi connectivity index (χ1) is 15.0. The number of likely N-dealkylation sites (tertiary alicyclic amines) is 1. The average Bonchev–Trinajstić information content (AvgIpc) is 3.56. The van der Waals surface area contributed by atoms with Crippen LogP contribution in [0.4, 0.5) is 0 Å². The minimum Gasteiger partial charge on any atom is -0.337 e. The summed E-state index contributed by atoms with van der Waals surface area (Å²) in [5.41, 5.74) is 1.45. The van der Waals surface area contributed by atoms with E-state index in [4.69, 9.17) is 0 Å². The molecule has 0 N–H and O–H groups in total. The minimum absolute atomic E-state index is 0.00334. The molecule has 1 aliphatic carbocycles. The third-order valence-electron chi connectivity index (χ3n) is 6.69. The fourth-order valence-corrected chi connectivity index (χ4v) is 5.68. The van der Waals surface area contributed by atoms with Crippen LogP contribution in [0.3, 0.4) is 0 Å². The van der Waals surface area contributed by atoms with Crippen LogP contribution in [0.15, 0.2) is 28.4 Å². The Morgan fingerprint density at radius 2 is 1.81 bits per heavy atom. The van der Waals surface area contributed by atoms with Crippen LogP contribution in [0.1, 0.15) is 66.8 Å². The molecule has 1 amide bonds. The molecule has 0 bridgehead atoms. The SMILES string of the molecule is Cn1nc(-c2cccs2)cc1C(=O)N1CCC(c2nn(C)c(=O)n2C2CCCC2)CC1. The first kappa shape index (κ1) is 20.2. The number of aromatic nitrogens is 5. The Kier molecular flexibility index (Phi) is 5.29. The molecule has 0 spiro atoms. The summed E-state index contributed by atoms with van der Waals surface area (Å²) < 4.78 is 5.11. The number of carbonyl (C=O) groups is 1. The van der Waals surface area contributed by atoms with Crippen LogP contribution in [0, 0.1) is 0 Å². The minimum atomic E-state index is -0.00334. The van der Waals surface area contributed by atoms with E-state index in [9.17, 15) is 9.59 Å². The van der Waals surface area contributed by atoms with E-state index in [1.807, 2.05) is 40.1 Å². The molecule has 1 saturated carbocycles. The van der Waals surface area contributed by atoms with Crippen LogP contribution >= 0.6 is 11.3 Å². The number of carbonyl (C=O) groups excluding carboxylic acids is 1. The lowest BCUT2D eigenvalue weighted by Crippen LogP contribution is -2.39. The van der Waals surface area contributed by atoms with Crippen molar-refractivity contribution in [3.63, 3.8) is 0 Å². The maximum absolute atomic E-state index is 13.2. The largest absolute Gasteiger partial charge is 0.345 e. The monoisotopic (exact) mass is 440 g/mol. The van der Waals surface area contributed by atoms with Crippen LogP contribution in [0.25, 0.3) is 10.6 Å². The first-order valence-corrected chi connectivity index (χ1v) is 11.9. The number of hydrogen-bond donors (Lipinski definition) is 0. The zero-order chi connectivity index (χ0) is 21.5. The molecule has 4 heterocycles. The quantitative estimate of drug-likeness (QED) is 0.624. The molecule has 2 fully saturated rings. The van der Waals surface area contributed by atoms with Crippen molar-refractivity contribution in [2.45, 2.75) is 50.5 Å². The molecule has 3 aromatic heterocycles. The van der Waals surface area contributed by atoms with Crippen molar-refractivity contribution >= 4 is 17.2 Å². The lowest BCUT2D eigenvalue weighted by atomic mass is 9.95. The summed E-state index contributed by atoms with van der Waals surface area (Å²) in [5, 5.41) is 11.1. The second-order valence-electron chi connectivity index (χ2n) is 8.65. The van der Waals surface area contributed by atoms with Gasteiger partial charge < -0.3 is 4.90 Å². The highest BCUT2D eigenvalue weighted by atomic mass is 32.1. The van der Waals surface area contributed by atoms with Crippen molar-refractivity contribution in [2.75, 3.05) is 13.1 Å². The predicted molar refractivity (Wildman–Crippen MR) is 119 cm³/mol. The van der Waals surface area contributed by atoms with Gasteiger partial charge in [0.1, 0.15) is 17.2 Å². The highest BCUT2D eigenvalue weighted by molar-refractivity contribution is 7.13. The van der Waals surface area contributed by atoms with Crippen molar-refractivity contribution in [3.05, 3.63) is 45.6 Å². The van der Waals surface area contributed by atoms with Gasteiger partial charge in [0.05, 0.1) is 4.88 Å². The summed E-state index contributed by atoms with van der Waals surface area (Å²) in [5.74, 6) is 1.14. The maximum atomic E-state index is 13.2. The van der Waals surface area contributed by atoms with E-state index in [1.165, 1.54) is 17.5 Å². The number of thiophene rings is 1. The van der Waals surface area contributed by atoms with Gasteiger partial charge in [0, 0.05) is 39.1 Å². The second kappa shape index (κ2) is 8.11. The van der Waals surface area contributed by atoms with E-state index in [1.54, 1.807) is 23.1 Å². The van der Waals surface area contributed by atoms with Crippen molar-refractivity contribution < 1.29 is 4.79 Å². The van der Waals surface area contributed by atoms with Gasteiger partial charge >= 0.3 is 5.69 Å². The van der Waals surface area contributed by atoms with Gasteiger partial charge in [-0.15, -0.1) is 11.3 Å². The van der Waals surface area contributed by atoms with E-state index in [2.05, 4.69) is 10.2 Å². The average molecular weight is 441 g/mol. The van der Waals surface area contributed by atoms with Crippen molar-refractivity contribution in [1.29, 1.82) is 0 Å². The molecule has 0 atom stereocenters. The Bertz CT molecular complexity index is 1130. The van der Waals surface area contributed by atoms with Crippen molar-refractivity contribution in [2.24, 2.45) is 14.1 Å². The third kappa shape index (κ3) is 3.64. The second-order valence-corrected chi connectivity index (χ2v) is 9.60. The number of rotatable bonds is 4. The first-order valence-electron chi connectivity index (χ1n) is 11.1. The van der Waals surface area contributed by atoms with E-state index in [0.717, 1.165) is 42.1 Å². The highest BCUT2D eigenvalue weighted by Gasteiger charge is 2.32. The molecule has 31 heavy (non-hydrogen) atoms. The highest BCUT2D eigenvalue weighted by Crippen LogP contribution is 2.34. The zero-order valence-electron chi connectivity index (χ0n) is 18.0. The van der Waals surface area contributed by atoms with Gasteiger partial charge in [0.25, 0.3) is 5.91 Å². The van der Waals surface area contributed by atoms with Gasteiger partial charge in [-0.2, -0.15) is 10.2 Å². The fourth-order valence-electron chi connectivity index (χ4n) is 5.00. The van der Waals surface area contributed by atoms with Crippen LogP contribution in [0.5, 0.6) is 0 Å². The molecule has 8 nitrogen and oxygen atoms in total. The number of piperidine rings is 1. The summed E-state index contributed by atoms with van der Waals surface area (Å²) in [6.07, 6.45) is 6.12. The lowest BCUT2D eigenvalue weighted by Gasteiger charge is -2.32. The molecule has 0 radical (unpaired) electrons. The van der Waals surface area contributed by atoms with E-state index in [-0.39, 0.29) is 23.6 Å². The Hall–Kier alpha value is -2.68. The van der Waals surface area contributed by atoms with E-state index in [0.29, 0.717) is 18.8 Å². The number of nitrogens with zero attached hydrogens (tertiary/aromatic N) is 6. The molecule has 3 aromatic rings. The van der Waals surface area contributed by atoms with Crippen LogP contribution in [-0.2, 0) is 14.1 Å². The number of amides is 1. The molecule has 9 heteroatoms. The molecule has 1 saturated heterocycles. The van der Waals surface area contributed by atoms with Gasteiger partial charge in [-0.25, -0.2) is 9.48 Å².